The van der Waals surface area contributed by atoms with E-state index in [9.17, 15) is 51.9 Å². The zero-order valence-corrected chi connectivity index (χ0v) is 43.8. The quantitative estimate of drug-likeness (QED) is 0.0727. The molecular formula is C44H56MgN4O24S4. The normalized spacial score (nSPS) is 10.9. The van der Waals surface area contributed by atoms with Crippen molar-refractivity contribution in [2.45, 2.75) is 19.6 Å². The minimum Gasteiger partial charge on any atom is -1.00 e. The summed E-state index contributed by atoms with van der Waals surface area (Å²) in [6.45, 7) is 0. The van der Waals surface area contributed by atoms with Crippen molar-refractivity contribution in [2.75, 3.05) is 0 Å². The first-order valence-electron chi connectivity index (χ1n) is 18.7. The first-order valence-corrected chi connectivity index (χ1v) is 24.5. The van der Waals surface area contributed by atoms with E-state index in [-0.39, 0.29) is 111 Å². The van der Waals surface area contributed by atoms with Crippen LogP contribution in [0.4, 0.5) is 0 Å². The topological polar surface area (TPSA) is 653 Å². The summed E-state index contributed by atoms with van der Waals surface area (Å²) in [6.07, 6.45) is 6.92. The van der Waals surface area contributed by atoms with Gasteiger partial charge in [0.05, 0.1) is 42.4 Å². The largest absolute Gasteiger partial charge is 2.00 e. The van der Waals surface area contributed by atoms with Crippen LogP contribution in [0.1, 0.15) is 25.6 Å². The summed E-state index contributed by atoms with van der Waals surface area (Å²) in [5.41, 5.74) is 7.41. The predicted octanol–water partition coefficient (Wildman–Crippen LogP) is -1.74. The van der Waals surface area contributed by atoms with Crippen molar-refractivity contribution in [3.63, 3.8) is 0 Å². The Kier molecular flexibility index (Phi) is 30.1. The molecule has 0 spiro atoms. The van der Waals surface area contributed by atoms with Crippen LogP contribution in [0.3, 0.4) is 0 Å². The summed E-state index contributed by atoms with van der Waals surface area (Å²) in [4.78, 5) is 15.6. The van der Waals surface area contributed by atoms with Gasteiger partial charge in [0.1, 0.15) is 0 Å². The first kappa shape index (κ1) is 79.3. The summed E-state index contributed by atoms with van der Waals surface area (Å²) in [5.74, 6) is 0. The van der Waals surface area contributed by atoms with Gasteiger partial charge in [0.25, 0.3) is 40.5 Å². The third kappa shape index (κ3) is 15.8. The molecule has 3 aromatic heterocycles. The Morgan fingerprint density at radius 3 is 0.584 bits per heavy atom. The second-order valence-corrected chi connectivity index (χ2v) is 20.2. The number of H-pyrrole nitrogens is 2. The van der Waals surface area contributed by atoms with Crippen LogP contribution in [0.5, 0.6) is 0 Å². The molecule has 28 nitrogen and oxygen atoms in total. The molecule has 2 aliphatic heterocycles. The van der Waals surface area contributed by atoms with Gasteiger partial charge in [-0.2, -0.15) is 33.7 Å². The van der Waals surface area contributed by atoms with Gasteiger partial charge in [-0.3, -0.25) is 18.2 Å². The molecular weight excluding hydrogens is 1120 g/mol. The molecule has 0 saturated carbocycles. The number of rotatable bonds is 8. The minimum atomic E-state index is -4.55. The van der Waals surface area contributed by atoms with Crippen molar-refractivity contribution < 1.29 is 120 Å². The Bertz CT molecular complexity index is 3340. The summed E-state index contributed by atoms with van der Waals surface area (Å²) < 4.78 is 135. The molecule has 2 aliphatic rings. The molecule has 30 N–H and O–H groups in total. The summed E-state index contributed by atoms with van der Waals surface area (Å²) in [7, 11) is -18.2. The Morgan fingerprint density at radius 1 is 0.286 bits per heavy atom. The van der Waals surface area contributed by atoms with E-state index >= 15 is 0 Å². The maximum Gasteiger partial charge on any atom is 2.00 e. The zero-order chi connectivity index (χ0) is 45.3. The second-order valence-electron chi connectivity index (χ2n) is 14.5. The first-order chi connectivity index (χ1) is 30.2. The number of aromatic nitrogens is 4. The van der Waals surface area contributed by atoms with Gasteiger partial charge < -0.3 is 78.5 Å². The summed E-state index contributed by atoms with van der Waals surface area (Å²) in [6, 6.07) is 29.0. The van der Waals surface area contributed by atoms with Crippen LogP contribution in [0.15, 0.2) is 141 Å². The number of hydrogen-bond acceptors (Lipinski definition) is 10. The molecule has 0 radical (unpaired) electrons. The van der Waals surface area contributed by atoms with E-state index in [0.29, 0.717) is 89.4 Å². The van der Waals surface area contributed by atoms with Gasteiger partial charge in [0, 0.05) is 44.3 Å². The van der Waals surface area contributed by atoms with Gasteiger partial charge in [-0.25, -0.2) is 9.97 Å². The average Bonchev–Trinajstić information content (AvgIpc) is 4.08. The van der Waals surface area contributed by atoms with E-state index in [1.165, 1.54) is 97.1 Å². The molecule has 0 aliphatic carbocycles. The number of benzene rings is 4. The zero-order valence-electron chi connectivity index (χ0n) is 41.1. The van der Waals surface area contributed by atoms with Gasteiger partial charge in [0.2, 0.25) is 0 Å². The SMILES string of the molecule is O.O.O.O.O.O.O.O.O.O.O.O.O=S(=O)(O)c1ccc(-c2c3nc(c(-c4ccc(S(=O)(=O)O)cc4)c4ccc([nH]4)c(-c4ccc(S(=O)(=O)O)cc4)c4nc(c(-c5ccc(S(=O)(=O)O)cc5)c5ccc2[nH]5)C=C4)C=C3)cc1.[H-].[H-].[Mg+2]. The Hall–Kier alpha value is -6.59. The van der Waals surface area contributed by atoms with Crippen molar-refractivity contribution in [1.29, 1.82) is 0 Å². The fraction of sp³-hybridized carbons (Fsp3) is 0. The molecule has 0 fully saturated rings. The molecule has 0 amide bonds. The molecule has 77 heavy (non-hydrogen) atoms. The van der Waals surface area contributed by atoms with Crippen molar-refractivity contribution in [3.8, 4) is 44.5 Å². The van der Waals surface area contributed by atoms with Crippen LogP contribution < -0.4 is 0 Å². The van der Waals surface area contributed by atoms with Crippen molar-refractivity contribution >= 4 is 110 Å². The van der Waals surface area contributed by atoms with Crippen molar-refractivity contribution in [2.24, 2.45) is 0 Å². The van der Waals surface area contributed by atoms with Gasteiger partial charge >= 0.3 is 23.1 Å². The maximum absolute atomic E-state index is 12.0. The fourth-order valence-corrected chi connectivity index (χ4v) is 9.51. The molecule has 0 atom stereocenters. The molecule has 8 bridgehead atoms. The second kappa shape index (κ2) is 29.2. The van der Waals surface area contributed by atoms with Gasteiger partial charge in [-0.05, 0) is 119 Å². The van der Waals surface area contributed by atoms with E-state index in [4.69, 9.17) is 9.97 Å². The molecule has 0 saturated heterocycles. The predicted molar refractivity (Wildman–Crippen MR) is 291 cm³/mol. The molecule has 422 valence electrons. The fourth-order valence-electron chi connectivity index (χ4n) is 7.59. The Labute approximate surface area is 456 Å². The number of nitrogens with one attached hydrogen (secondary N) is 2. The molecule has 7 aromatic rings. The van der Waals surface area contributed by atoms with Crippen LogP contribution in [-0.4, -0.2) is 161 Å². The van der Waals surface area contributed by atoms with Crippen LogP contribution in [0.25, 0.3) is 90.9 Å². The van der Waals surface area contributed by atoms with E-state index < -0.39 is 40.5 Å². The van der Waals surface area contributed by atoms with Gasteiger partial charge in [-0.15, -0.1) is 0 Å². The monoisotopic (exact) mass is 1180 g/mol. The summed E-state index contributed by atoms with van der Waals surface area (Å²) in [5, 5.41) is 0. The standard InChI is InChI=1S/C44H30N4O12S4.Mg.12H2O.2H/c49-61(50,51)29-9-1-25(2-10-29)41-33-17-19-35(45-33)42(26-3-11-30(12-4-26)62(52,53)54)37-21-23-39(47-37)44(28-7-15-32(16-8-28)64(58,59)60)40-24-22-38(48-40)43(36-20-18-34(41)46-36)27-5-13-31(14-6-27)63(55,56)57;;;;;;;;;;;;;;;/h1-24,45,48H,(H,49,50,51)(H,52,53,54)(H,55,56,57)(H,58,59,60);;12*1H2;;/q;+2;;;;;;;;;;;;;2*-1. The third-order valence-electron chi connectivity index (χ3n) is 10.5. The number of hydrogen-bond donors (Lipinski definition) is 6. The molecule has 33 heteroatoms. The van der Waals surface area contributed by atoms with E-state index in [1.54, 1.807) is 48.6 Å². The van der Waals surface area contributed by atoms with Crippen molar-refractivity contribution in [3.05, 3.63) is 144 Å². The van der Waals surface area contributed by atoms with Crippen molar-refractivity contribution in [1.82, 2.24) is 19.9 Å². The van der Waals surface area contributed by atoms with Crippen LogP contribution in [-0.2, 0) is 40.5 Å². The third-order valence-corrected chi connectivity index (χ3v) is 14.0. The number of fused-ring (bicyclic) bond motifs is 8. The van der Waals surface area contributed by atoms with E-state index in [2.05, 4.69) is 9.97 Å². The average molecular weight is 1180 g/mol. The maximum atomic E-state index is 12.0. The van der Waals surface area contributed by atoms with E-state index in [0.717, 1.165) is 0 Å². The molecule has 4 aromatic carbocycles. The van der Waals surface area contributed by atoms with Crippen LogP contribution in [0, 0.1) is 0 Å². The molecule has 9 rings (SSSR count). The molecule has 5 heterocycles. The Morgan fingerprint density at radius 2 is 0.442 bits per heavy atom. The van der Waals surface area contributed by atoms with Crippen LogP contribution in [0.2, 0.25) is 0 Å². The van der Waals surface area contributed by atoms with E-state index in [1.807, 2.05) is 0 Å². The molecule has 0 unspecified atom stereocenters. The van der Waals surface area contributed by atoms with Gasteiger partial charge in [0.15, 0.2) is 0 Å². The van der Waals surface area contributed by atoms with Crippen LogP contribution >= 0.6 is 0 Å². The number of nitrogens with zero attached hydrogens (tertiary/aromatic N) is 2. The smallest absolute Gasteiger partial charge is 1.00 e. The number of aromatic amines is 2. The Balaban J connectivity index is -0.000000691. The summed E-state index contributed by atoms with van der Waals surface area (Å²) >= 11 is 0. The van der Waals surface area contributed by atoms with Gasteiger partial charge in [-0.1, -0.05) is 48.5 Å². The minimum absolute atomic E-state index is 0.